The summed E-state index contributed by atoms with van der Waals surface area (Å²) in [7, 11) is 1.99. The number of benzene rings is 2. The van der Waals surface area contributed by atoms with Crippen LogP contribution in [0.2, 0.25) is 0 Å². The van der Waals surface area contributed by atoms with Crippen molar-refractivity contribution < 1.29 is 9.53 Å². The van der Waals surface area contributed by atoms with Crippen LogP contribution in [0.1, 0.15) is 35.7 Å². The van der Waals surface area contributed by atoms with Gasteiger partial charge in [-0.05, 0) is 42.3 Å². The summed E-state index contributed by atoms with van der Waals surface area (Å²) >= 11 is 0. The maximum absolute atomic E-state index is 12.6. The van der Waals surface area contributed by atoms with Crippen molar-refractivity contribution in [3.63, 3.8) is 0 Å². The third-order valence-corrected chi connectivity index (χ3v) is 5.23. The molecule has 0 fully saturated rings. The van der Waals surface area contributed by atoms with Gasteiger partial charge in [0.05, 0.1) is 6.20 Å². The number of rotatable bonds is 7. The van der Waals surface area contributed by atoms with Crippen LogP contribution in [0.25, 0.3) is 0 Å². The van der Waals surface area contributed by atoms with Crippen LogP contribution >= 0.6 is 0 Å². The summed E-state index contributed by atoms with van der Waals surface area (Å²) in [6.45, 7) is 3.63. The molecule has 0 bridgehead atoms. The lowest BCUT2D eigenvalue weighted by atomic mass is 10.1. The van der Waals surface area contributed by atoms with Gasteiger partial charge in [0.2, 0.25) is 0 Å². The summed E-state index contributed by atoms with van der Waals surface area (Å²) in [5.41, 5.74) is 3.75. The average Bonchev–Trinajstić information content (AvgIpc) is 3.08. The first kappa shape index (κ1) is 19.0. The predicted octanol–water partition coefficient (Wildman–Crippen LogP) is 5.40. The zero-order valence-corrected chi connectivity index (χ0v) is 16.8. The van der Waals surface area contributed by atoms with Gasteiger partial charge in [0.15, 0.2) is 5.75 Å². The molecule has 0 saturated heterocycles. The first-order chi connectivity index (χ1) is 14.2. The van der Waals surface area contributed by atoms with E-state index in [4.69, 9.17) is 4.74 Å². The summed E-state index contributed by atoms with van der Waals surface area (Å²) in [6.07, 6.45) is 5.63. The van der Waals surface area contributed by atoms with Gasteiger partial charge < -0.3 is 14.5 Å². The molecule has 2 aromatic carbocycles. The van der Waals surface area contributed by atoms with Crippen molar-refractivity contribution in [1.29, 1.82) is 0 Å². The molecule has 4 rings (SSSR count). The number of pyridine rings is 1. The zero-order chi connectivity index (χ0) is 20.2. The largest absolute Gasteiger partial charge is 0.455 e. The van der Waals surface area contributed by atoms with E-state index < -0.39 is 0 Å². The number of ether oxygens (including phenoxy) is 1. The Morgan fingerprint density at radius 3 is 2.76 bits per heavy atom. The minimum absolute atomic E-state index is 0.136. The van der Waals surface area contributed by atoms with E-state index in [0.29, 0.717) is 6.54 Å². The van der Waals surface area contributed by atoms with Crippen molar-refractivity contribution in [1.82, 2.24) is 9.88 Å². The predicted molar refractivity (Wildman–Crippen MR) is 115 cm³/mol. The van der Waals surface area contributed by atoms with Crippen LogP contribution in [0.3, 0.4) is 0 Å². The Bertz CT molecular complexity index is 1000. The fraction of sp³-hybridized carbons (Fsp3) is 0.250. The average molecular weight is 387 g/mol. The number of carbonyl (C=O) groups excluding carboxylic acids is 1. The van der Waals surface area contributed by atoms with Crippen LogP contribution in [0, 0.1) is 0 Å². The first-order valence-electron chi connectivity index (χ1n) is 10.00. The number of amides is 1. The van der Waals surface area contributed by atoms with Crippen molar-refractivity contribution >= 4 is 17.3 Å². The molecule has 5 nitrogen and oxygen atoms in total. The highest BCUT2D eigenvalue weighted by Crippen LogP contribution is 2.36. The van der Waals surface area contributed by atoms with E-state index in [1.54, 1.807) is 12.4 Å². The number of anilines is 2. The van der Waals surface area contributed by atoms with Gasteiger partial charge in [0, 0.05) is 43.7 Å². The van der Waals surface area contributed by atoms with Crippen molar-refractivity contribution in [2.75, 3.05) is 18.5 Å². The van der Waals surface area contributed by atoms with E-state index in [9.17, 15) is 4.79 Å². The van der Waals surface area contributed by atoms with Gasteiger partial charge in [-0.15, -0.1) is 0 Å². The van der Waals surface area contributed by atoms with E-state index in [1.807, 2.05) is 65.4 Å². The molecule has 0 spiro atoms. The minimum Gasteiger partial charge on any atom is -0.455 e. The molecule has 5 heteroatoms. The molecule has 0 unspecified atom stereocenters. The van der Waals surface area contributed by atoms with Crippen molar-refractivity contribution in [3.05, 3.63) is 78.1 Å². The van der Waals surface area contributed by atoms with Gasteiger partial charge >= 0.3 is 0 Å². The third kappa shape index (κ3) is 3.94. The Balaban J connectivity index is 1.59. The van der Waals surface area contributed by atoms with E-state index in [2.05, 4.69) is 18.0 Å². The van der Waals surface area contributed by atoms with E-state index in [-0.39, 0.29) is 5.91 Å². The third-order valence-electron chi connectivity index (χ3n) is 5.23. The van der Waals surface area contributed by atoms with Gasteiger partial charge in [0.1, 0.15) is 11.4 Å². The monoisotopic (exact) mass is 387 g/mol. The summed E-state index contributed by atoms with van der Waals surface area (Å²) in [5.74, 6) is 1.64. The number of aromatic nitrogens is 1. The first-order valence-corrected chi connectivity index (χ1v) is 10.00. The zero-order valence-electron chi connectivity index (χ0n) is 16.8. The van der Waals surface area contributed by atoms with Crippen LogP contribution in [0.4, 0.5) is 11.4 Å². The molecule has 1 aromatic heterocycles. The number of nitrogens with zero attached hydrogens (tertiary/aromatic N) is 3. The fourth-order valence-electron chi connectivity index (χ4n) is 3.57. The molecule has 1 aliphatic heterocycles. The fourth-order valence-corrected chi connectivity index (χ4v) is 3.57. The topological polar surface area (TPSA) is 45.7 Å². The molecule has 1 aliphatic rings. The smallest absolute Gasteiger partial charge is 0.254 e. The lowest BCUT2D eigenvalue weighted by Gasteiger charge is -2.22. The number of para-hydroxylation sites is 1. The molecule has 2 heterocycles. The lowest BCUT2D eigenvalue weighted by Crippen LogP contribution is -2.24. The van der Waals surface area contributed by atoms with Crippen LogP contribution in [-0.4, -0.2) is 29.4 Å². The molecule has 3 aromatic rings. The number of carbonyl (C=O) groups is 1. The Morgan fingerprint density at radius 1 is 1.14 bits per heavy atom. The molecule has 0 aliphatic carbocycles. The molecule has 0 saturated carbocycles. The second-order valence-electron chi connectivity index (χ2n) is 7.24. The number of hydrogen-bond acceptors (Lipinski definition) is 4. The molecule has 0 radical (unpaired) electrons. The summed E-state index contributed by atoms with van der Waals surface area (Å²) < 4.78 is 6.08. The Kier molecular flexibility index (Phi) is 5.47. The van der Waals surface area contributed by atoms with Gasteiger partial charge in [0.25, 0.3) is 5.91 Å². The van der Waals surface area contributed by atoms with Crippen molar-refractivity contribution in [2.24, 2.45) is 0 Å². The molecular formula is C24H25N3O2. The van der Waals surface area contributed by atoms with Crippen LogP contribution in [0.15, 0.2) is 67.0 Å². The molecule has 148 valence electrons. The second kappa shape index (κ2) is 8.35. The minimum atomic E-state index is 0.136. The maximum Gasteiger partial charge on any atom is 0.254 e. The van der Waals surface area contributed by atoms with Gasteiger partial charge in [-0.3, -0.25) is 9.78 Å². The standard InChI is InChI=1S/C24H25N3O2/c1-3-4-14-27-17-18-15-19(10-11-21(18)24(27)28)26(2)22-16-25-13-12-23(22)29-20-8-6-5-7-9-20/h5-13,15-16H,3-4,14,17H2,1-2H3. The molecule has 0 atom stereocenters. The SMILES string of the molecule is CCCCN1Cc2cc(N(C)c3cnccc3Oc3ccccc3)ccc2C1=O. The van der Waals surface area contributed by atoms with Gasteiger partial charge in [-0.25, -0.2) is 0 Å². The number of hydrogen-bond donors (Lipinski definition) is 0. The van der Waals surface area contributed by atoms with Crippen LogP contribution in [0.5, 0.6) is 11.5 Å². The molecular weight excluding hydrogens is 362 g/mol. The van der Waals surface area contributed by atoms with E-state index >= 15 is 0 Å². The highest BCUT2D eigenvalue weighted by Gasteiger charge is 2.27. The quantitative estimate of drug-likeness (QED) is 0.545. The normalized spacial score (nSPS) is 12.8. The van der Waals surface area contributed by atoms with Crippen LogP contribution in [-0.2, 0) is 6.54 Å². The Hall–Kier alpha value is -3.34. The Morgan fingerprint density at radius 2 is 1.97 bits per heavy atom. The van der Waals surface area contributed by atoms with Crippen LogP contribution < -0.4 is 9.64 Å². The van der Waals surface area contributed by atoms with Crippen molar-refractivity contribution in [3.8, 4) is 11.5 Å². The van der Waals surface area contributed by atoms with Gasteiger partial charge in [-0.2, -0.15) is 0 Å². The summed E-state index contributed by atoms with van der Waals surface area (Å²) in [6, 6.07) is 17.6. The van der Waals surface area contributed by atoms with Crippen molar-refractivity contribution in [2.45, 2.75) is 26.3 Å². The Labute approximate surface area is 171 Å². The lowest BCUT2D eigenvalue weighted by molar-refractivity contribution is 0.0776. The van der Waals surface area contributed by atoms with Gasteiger partial charge in [-0.1, -0.05) is 31.5 Å². The molecule has 29 heavy (non-hydrogen) atoms. The van der Waals surface area contributed by atoms with E-state index in [0.717, 1.165) is 53.4 Å². The number of unbranched alkanes of at least 4 members (excludes halogenated alkanes) is 1. The highest BCUT2D eigenvalue weighted by molar-refractivity contribution is 5.99. The summed E-state index contributed by atoms with van der Waals surface area (Å²) in [5, 5.41) is 0. The number of fused-ring (bicyclic) bond motifs is 1. The highest BCUT2D eigenvalue weighted by atomic mass is 16.5. The molecule has 0 N–H and O–H groups in total. The molecule has 1 amide bonds. The summed E-state index contributed by atoms with van der Waals surface area (Å²) in [4.78, 5) is 20.9. The second-order valence-corrected chi connectivity index (χ2v) is 7.24. The van der Waals surface area contributed by atoms with E-state index in [1.165, 1.54) is 0 Å². The maximum atomic E-state index is 12.6.